The number of nitro benzene ring substituents is 1. The maximum atomic E-state index is 13.3. The zero-order valence-corrected chi connectivity index (χ0v) is 10.5. The lowest BCUT2D eigenvalue weighted by molar-refractivity contribution is -0.387. The van der Waals surface area contributed by atoms with Crippen LogP contribution in [-0.4, -0.2) is 19.9 Å². The molecule has 0 atom stereocenters. The summed E-state index contributed by atoms with van der Waals surface area (Å²) in [5.74, 6) is -1.22. The summed E-state index contributed by atoms with van der Waals surface area (Å²) in [4.78, 5) is 9.06. The summed E-state index contributed by atoms with van der Waals surface area (Å²) in [6, 6.07) is 4.18. The molecular weight excluding hydrogens is 277 g/mol. The van der Waals surface area contributed by atoms with Crippen molar-refractivity contribution in [3.8, 4) is 6.07 Å². The van der Waals surface area contributed by atoms with Gasteiger partial charge in [-0.25, -0.2) is 13.1 Å². The van der Waals surface area contributed by atoms with E-state index in [2.05, 4.69) is 4.72 Å². The first-order chi connectivity index (χ1) is 8.88. The summed E-state index contributed by atoms with van der Waals surface area (Å²) < 4.78 is 38.9. The van der Waals surface area contributed by atoms with E-state index in [1.54, 1.807) is 0 Å². The van der Waals surface area contributed by atoms with Crippen molar-refractivity contribution in [3.05, 3.63) is 34.1 Å². The van der Waals surface area contributed by atoms with Gasteiger partial charge in [0.2, 0.25) is 15.8 Å². The van der Waals surface area contributed by atoms with Gasteiger partial charge in [-0.1, -0.05) is 0 Å². The highest BCUT2D eigenvalue weighted by molar-refractivity contribution is 7.89. The van der Waals surface area contributed by atoms with E-state index in [0.717, 1.165) is 12.1 Å². The van der Waals surface area contributed by atoms with Crippen LogP contribution in [0.5, 0.6) is 0 Å². The minimum atomic E-state index is -3.93. The molecule has 0 amide bonds. The Bertz CT molecular complexity index is 624. The number of unbranched alkanes of at least 4 members (excludes halogenated alkanes) is 1. The second-order valence-corrected chi connectivity index (χ2v) is 5.30. The molecule has 0 aliphatic rings. The summed E-state index contributed by atoms with van der Waals surface area (Å²) in [6.07, 6.45) is 0.516. The van der Waals surface area contributed by atoms with Crippen LogP contribution < -0.4 is 4.72 Å². The zero-order valence-electron chi connectivity index (χ0n) is 9.67. The van der Waals surface area contributed by atoms with E-state index in [0.29, 0.717) is 12.5 Å². The first-order valence-electron chi connectivity index (χ1n) is 5.19. The van der Waals surface area contributed by atoms with Gasteiger partial charge in [0.1, 0.15) is 0 Å². The fourth-order valence-electron chi connectivity index (χ4n) is 1.26. The van der Waals surface area contributed by atoms with Crippen molar-refractivity contribution in [1.82, 2.24) is 4.72 Å². The minimum Gasteiger partial charge on any atom is -0.258 e. The molecule has 102 valence electrons. The quantitative estimate of drug-likeness (QED) is 0.481. The normalized spacial score (nSPS) is 10.9. The second kappa shape index (κ2) is 6.21. The Hall–Kier alpha value is -2.05. The fourth-order valence-corrected chi connectivity index (χ4v) is 2.35. The van der Waals surface area contributed by atoms with Gasteiger partial charge in [-0.2, -0.15) is 9.65 Å². The van der Waals surface area contributed by atoms with E-state index in [4.69, 9.17) is 5.26 Å². The zero-order chi connectivity index (χ0) is 14.5. The first-order valence-corrected chi connectivity index (χ1v) is 6.67. The van der Waals surface area contributed by atoms with E-state index >= 15 is 0 Å². The van der Waals surface area contributed by atoms with Gasteiger partial charge in [-0.05, 0) is 12.5 Å². The lowest BCUT2D eigenvalue weighted by Gasteiger charge is -2.05. The Labute approximate surface area is 108 Å². The van der Waals surface area contributed by atoms with E-state index in [1.165, 1.54) is 0 Å². The summed E-state index contributed by atoms with van der Waals surface area (Å²) >= 11 is 0. The molecule has 0 heterocycles. The highest BCUT2D eigenvalue weighted by Crippen LogP contribution is 2.20. The van der Waals surface area contributed by atoms with Crippen molar-refractivity contribution >= 4 is 15.7 Å². The first kappa shape index (κ1) is 15.0. The summed E-state index contributed by atoms with van der Waals surface area (Å²) in [5, 5.41) is 18.7. The van der Waals surface area contributed by atoms with Crippen LogP contribution in [0.2, 0.25) is 0 Å². The van der Waals surface area contributed by atoms with Gasteiger partial charge in [0.25, 0.3) is 0 Å². The highest BCUT2D eigenvalue weighted by Gasteiger charge is 2.20. The standard InChI is InChI=1S/C10H10FN3O4S/c11-9-7-8(3-4-10(9)14(15)16)19(17,18)13-6-2-1-5-12/h3-4,7,13H,1-2,6H2. The molecule has 0 aromatic heterocycles. The topological polar surface area (TPSA) is 113 Å². The fraction of sp³-hybridized carbons (Fsp3) is 0.300. The van der Waals surface area contributed by atoms with E-state index < -0.39 is 31.3 Å². The number of nitro groups is 1. The third kappa shape index (κ3) is 3.97. The van der Waals surface area contributed by atoms with Gasteiger partial charge in [0.05, 0.1) is 15.9 Å². The average molecular weight is 287 g/mol. The maximum absolute atomic E-state index is 13.3. The van der Waals surface area contributed by atoms with Gasteiger partial charge in [-0.3, -0.25) is 10.1 Å². The molecule has 0 radical (unpaired) electrons. The van der Waals surface area contributed by atoms with E-state index in [-0.39, 0.29) is 13.0 Å². The van der Waals surface area contributed by atoms with E-state index in [9.17, 15) is 22.9 Å². The number of nitrogens with one attached hydrogen (secondary N) is 1. The number of benzene rings is 1. The minimum absolute atomic E-state index is 0.0362. The largest absolute Gasteiger partial charge is 0.304 e. The molecule has 9 heteroatoms. The van der Waals surface area contributed by atoms with Crippen LogP contribution in [0.25, 0.3) is 0 Å². The Morgan fingerprint density at radius 2 is 2.16 bits per heavy atom. The molecule has 0 aliphatic heterocycles. The monoisotopic (exact) mass is 287 g/mol. The van der Waals surface area contributed by atoms with Crippen molar-refractivity contribution in [1.29, 1.82) is 5.26 Å². The Kier molecular flexibility index (Phi) is 4.91. The molecule has 0 saturated heterocycles. The van der Waals surface area contributed by atoms with Crippen LogP contribution in [0.1, 0.15) is 12.8 Å². The van der Waals surface area contributed by atoms with Crippen LogP contribution in [0.15, 0.2) is 23.1 Å². The average Bonchev–Trinajstić information content (AvgIpc) is 2.34. The van der Waals surface area contributed by atoms with Crippen LogP contribution in [0, 0.1) is 27.3 Å². The number of nitrogens with zero attached hydrogens (tertiary/aromatic N) is 2. The van der Waals surface area contributed by atoms with Crippen LogP contribution in [-0.2, 0) is 10.0 Å². The molecule has 1 aromatic rings. The molecule has 1 rings (SSSR count). The number of hydrogen-bond acceptors (Lipinski definition) is 5. The summed E-state index contributed by atoms with van der Waals surface area (Å²) in [5.41, 5.74) is -0.788. The Morgan fingerprint density at radius 1 is 1.47 bits per heavy atom. The smallest absolute Gasteiger partial charge is 0.258 e. The Morgan fingerprint density at radius 3 is 2.68 bits per heavy atom. The summed E-state index contributed by atoms with van der Waals surface area (Å²) in [7, 11) is -3.93. The lowest BCUT2D eigenvalue weighted by atomic mass is 10.3. The number of rotatable bonds is 6. The second-order valence-electron chi connectivity index (χ2n) is 3.53. The van der Waals surface area contributed by atoms with Crippen molar-refractivity contribution in [2.45, 2.75) is 17.7 Å². The maximum Gasteiger partial charge on any atom is 0.304 e. The van der Waals surface area contributed by atoms with Crippen LogP contribution >= 0.6 is 0 Å². The number of nitriles is 1. The molecule has 0 spiro atoms. The van der Waals surface area contributed by atoms with Gasteiger partial charge in [0, 0.05) is 25.1 Å². The SMILES string of the molecule is N#CCCCNS(=O)(=O)c1ccc([N+](=O)[O-])c(F)c1. The third-order valence-corrected chi connectivity index (χ3v) is 3.64. The van der Waals surface area contributed by atoms with Crippen molar-refractivity contribution in [3.63, 3.8) is 0 Å². The Balaban J connectivity index is 2.88. The molecule has 0 saturated carbocycles. The molecular formula is C10H10FN3O4S. The molecule has 0 unspecified atom stereocenters. The molecule has 0 fully saturated rings. The number of sulfonamides is 1. The van der Waals surface area contributed by atoms with Gasteiger partial charge in [-0.15, -0.1) is 0 Å². The van der Waals surface area contributed by atoms with Crippen molar-refractivity contribution in [2.75, 3.05) is 6.54 Å². The molecule has 1 aromatic carbocycles. The summed E-state index contributed by atoms with van der Waals surface area (Å²) in [6.45, 7) is 0.0362. The molecule has 19 heavy (non-hydrogen) atoms. The highest BCUT2D eigenvalue weighted by atomic mass is 32.2. The number of hydrogen-bond donors (Lipinski definition) is 1. The van der Waals surface area contributed by atoms with Crippen LogP contribution in [0.4, 0.5) is 10.1 Å². The van der Waals surface area contributed by atoms with E-state index in [1.807, 2.05) is 6.07 Å². The van der Waals surface area contributed by atoms with Crippen LogP contribution in [0.3, 0.4) is 0 Å². The molecule has 7 nitrogen and oxygen atoms in total. The lowest BCUT2D eigenvalue weighted by Crippen LogP contribution is -2.24. The third-order valence-electron chi connectivity index (χ3n) is 2.18. The number of halogens is 1. The molecule has 0 aliphatic carbocycles. The predicted octanol–water partition coefficient (Wildman–Crippen LogP) is 1.32. The molecule has 1 N–H and O–H groups in total. The van der Waals surface area contributed by atoms with Gasteiger partial charge < -0.3 is 0 Å². The van der Waals surface area contributed by atoms with Gasteiger partial charge in [0.15, 0.2) is 0 Å². The van der Waals surface area contributed by atoms with Gasteiger partial charge >= 0.3 is 5.69 Å². The van der Waals surface area contributed by atoms with Crippen molar-refractivity contribution < 1.29 is 17.7 Å². The predicted molar refractivity (Wildman–Crippen MR) is 63.1 cm³/mol. The van der Waals surface area contributed by atoms with Crippen molar-refractivity contribution in [2.24, 2.45) is 0 Å². The molecule has 0 bridgehead atoms.